The molecule has 7 atom stereocenters. The zero-order valence-corrected chi connectivity index (χ0v) is 19.4. The van der Waals surface area contributed by atoms with Crippen LogP contribution in [0.1, 0.15) is 53.4 Å². The van der Waals surface area contributed by atoms with Crippen molar-refractivity contribution >= 4 is 29.7 Å². The molecule has 1 aliphatic heterocycles. The van der Waals surface area contributed by atoms with Crippen LogP contribution in [0.5, 0.6) is 0 Å². The summed E-state index contributed by atoms with van der Waals surface area (Å²) < 4.78 is 26.8. The molecule has 0 spiro atoms. The molecular weight excluding hydrogens is 458 g/mol. The molecule has 1 saturated heterocycles. The first-order valence-electron chi connectivity index (χ1n) is 10.9. The molecule has 2 rings (SSSR count). The van der Waals surface area contributed by atoms with Gasteiger partial charge in [0.2, 0.25) is 6.04 Å². The average molecular weight is 487 g/mol. The van der Waals surface area contributed by atoms with E-state index >= 15 is 0 Å². The molecule has 0 N–H and O–H groups in total. The summed E-state index contributed by atoms with van der Waals surface area (Å²) in [5.41, 5.74) is 0. The molecule has 7 unspecified atom stereocenters. The normalized spacial score (nSPS) is 29.9. The zero-order chi connectivity index (χ0) is 25.6. The molecule has 2 fully saturated rings. The smallest absolute Gasteiger partial charge is 0.303 e. The number of ketones is 1. The summed E-state index contributed by atoms with van der Waals surface area (Å²) in [5, 5.41) is 12.2. The number of nitrogens with zero attached hydrogens (tertiary/aromatic N) is 1. The van der Waals surface area contributed by atoms with Crippen LogP contribution in [0.25, 0.3) is 0 Å². The van der Waals surface area contributed by atoms with Gasteiger partial charge in [-0.1, -0.05) is 0 Å². The molecule has 0 aromatic rings. The predicted octanol–water partition coefficient (Wildman–Crippen LogP) is 0.517. The highest BCUT2D eigenvalue weighted by atomic mass is 16.7. The Labute approximate surface area is 195 Å². The Morgan fingerprint density at radius 2 is 1.53 bits per heavy atom. The van der Waals surface area contributed by atoms with E-state index in [1.165, 1.54) is 0 Å². The summed E-state index contributed by atoms with van der Waals surface area (Å²) in [7, 11) is 0. The van der Waals surface area contributed by atoms with Gasteiger partial charge < -0.3 is 23.7 Å². The third-order valence-electron chi connectivity index (χ3n) is 5.61. The first-order chi connectivity index (χ1) is 15.9. The maximum atomic E-state index is 12.2. The van der Waals surface area contributed by atoms with Gasteiger partial charge in [-0.2, -0.15) is 0 Å². The van der Waals surface area contributed by atoms with Crippen molar-refractivity contribution in [1.29, 1.82) is 0 Å². The minimum atomic E-state index is -1.54. The monoisotopic (exact) mass is 487 g/mol. The van der Waals surface area contributed by atoms with E-state index in [1.54, 1.807) is 0 Å². The second-order valence-electron chi connectivity index (χ2n) is 8.33. The fourth-order valence-corrected chi connectivity index (χ4v) is 4.45. The van der Waals surface area contributed by atoms with E-state index in [2.05, 4.69) is 0 Å². The molecule has 0 amide bonds. The van der Waals surface area contributed by atoms with Gasteiger partial charge in [0.05, 0.1) is 0 Å². The van der Waals surface area contributed by atoms with Gasteiger partial charge in [0.1, 0.15) is 18.5 Å². The van der Waals surface area contributed by atoms with Crippen LogP contribution in [0, 0.1) is 16.0 Å². The molecule has 2 aliphatic rings. The van der Waals surface area contributed by atoms with Crippen LogP contribution >= 0.6 is 0 Å². The molecule has 13 nitrogen and oxygen atoms in total. The van der Waals surface area contributed by atoms with Gasteiger partial charge in [0.25, 0.3) is 0 Å². The number of ether oxygens (including phenoxy) is 5. The Bertz CT molecular complexity index is 827. The number of carbonyl (C=O) groups excluding carboxylic acids is 5. The zero-order valence-electron chi connectivity index (χ0n) is 19.4. The van der Waals surface area contributed by atoms with Crippen molar-refractivity contribution in [2.45, 2.75) is 89.9 Å². The highest BCUT2D eigenvalue weighted by Gasteiger charge is 2.58. The van der Waals surface area contributed by atoms with E-state index in [0.29, 0.717) is 19.3 Å². The fraction of sp³-hybridized carbons (Fsp3) is 0.762. The number of carbonyl (C=O) groups is 5. The maximum absolute atomic E-state index is 12.2. The molecule has 0 aromatic heterocycles. The molecule has 0 aromatic carbocycles. The van der Waals surface area contributed by atoms with E-state index in [-0.39, 0.29) is 12.2 Å². The van der Waals surface area contributed by atoms with E-state index in [0.717, 1.165) is 27.7 Å². The van der Waals surface area contributed by atoms with Crippen LogP contribution in [0.15, 0.2) is 0 Å². The second kappa shape index (κ2) is 11.9. The summed E-state index contributed by atoms with van der Waals surface area (Å²) in [6.45, 7) is 3.83. The Balaban J connectivity index is 2.56. The molecule has 190 valence electrons. The third-order valence-corrected chi connectivity index (χ3v) is 5.61. The van der Waals surface area contributed by atoms with Crippen molar-refractivity contribution in [3.63, 3.8) is 0 Å². The average Bonchev–Trinajstić information content (AvgIpc) is 2.69. The summed E-state index contributed by atoms with van der Waals surface area (Å²) >= 11 is 0. The molecule has 0 bridgehead atoms. The first-order valence-corrected chi connectivity index (χ1v) is 10.9. The van der Waals surface area contributed by atoms with E-state index < -0.39 is 77.9 Å². The van der Waals surface area contributed by atoms with Gasteiger partial charge in [-0.25, -0.2) is 0 Å². The lowest BCUT2D eigenvalue weighted by atomic mass is 9.78. The van der Waals surface area contributed by atoms with Gasteiger partial charge >= 0.3 is 23.9 Å². The van der Waals surface area contributed by atoms with Gasteiger partial charge in [-0.05, 0) is 12.8 Å². The number of rotatable bonds is 8. The third kappa shape index (κ3) is 7.20. The lowest BCUT2D eigenvalue weighted by Crippen LogP contribution is -2.66. The molecular formula is C21H29NO12. The van der Waals surface area contributed by atoms with Crippen molar-refractivity contribution in [2.24, 2.45) is 5.92 Å². The van der Waals surface area contributed by atoms with E-state index in [9.17, 15) is 34.1 Å². The first kappa shape index (κ1) is 27.2. The van der Waals surface area contributed by atoms with Crippen molar-refractivity contribution in [3.05, 3.63) is 10.1 Å². The standard InChI is InChI=1S/C21H29NO12/c1-10(23)30-9-16-18(31-11(2)24)20(32-12(3)25)21(33-13(4)26)19(34-16)17(22(28)29)14-6-5-7-15(27)8-14/h14,16-21H,5-9H2,1-4H3. The lowest BCUT2D eigenvalue weighted by molar-refractivity contribution is -0.552. The summed E-state index contributed by atoms with van der Waals surface area (Å²) in [4.78, 5) is 70.6. The SMILES string of the molecule is CC(=O)OCC1OC(C(C2CCCC(=O)C2)[N+](=O)[O-])C(OC(C)=O)C(OC(C)=O)C1OC(C)=O. The predicted molar refractivity (Wildman–Crippen MR) is 110 cm³/mol. The summed E-state index contributed by atoms with van der Waals surface area (Å²) in [6.07, 6.45) is -6.18. The number of hydrogen-bond donors (Lipinski definition) is 0. The Kier molecular flexibility index (Phi) is 9.47. The Morgan fingerprint density at radius 3 is 2.03 bits per heavy atom. The van der Waals surface area contributed by atoms with Crippen molar-refractivity contribution in [1.82, 2.24) is 0 Å². The van der Waals surface area contributed by atoms with Crippen LogP contribution in [0.2, 0.25) is 0 Å². The second-order valence-corrected chi connectivity index (χ2v) is 8.33. The molecule has 34 heavy (non-hydrogen) atoms. The highest BCUT2D eigenvalue weighted by molar-refractivity contribution is 5.79. The number of esters is 4. The van der Waals surface area contributed by atoms with Gasteiger partial charge in [0.15, 0.2) is 24.4 Å². The number of hydrogen-bond acceptors (Lipinski definition) is 12. The fourth-order valence-electron chi connectivity index (χ4n) is 4.45. The minimum absolute atomic E-state index is 0.0709. The van der Waals surface area contributed by atoms with Gasteiger partial charge in [-0.3, -0.25) is 34.1 Å². The molecule has 1 heterocycles. The van der Waals surface area contributed by atoms with E-state index in [1.807, 2.05) is 0 Å². The topological polar surface area (TPSA) is 175 Å². The van der Waals surface area contributed by atoms with Crippen molar-refractivity contribution in [2.75, 3.05) is 6.61 Å². The van der Waals surface area contributed by atoms with Crippen LogP contribution in [0.4, 0.5) is 0 Å². The lowest BCUT2D eigenvalue weighted by Gasteiger charge is -2.45. The van der Waals surface area contributed by atoms with Gasteiger partial charge in [0, 0.05) is 51.4 Å². The summed E-state index contributed by atoms with van der Waals surface area (Å²) in [6, 6.07) is -1.52. The van der Waals surface area contributed by atoms with Crippen molar-refractivity contribution in [3.8, 4) is 0 Å². The molecule has 13 heteroatoms. The summed E-state index contributed by atoms with van der Waals surface area (Å²) in [5.74, 6) is -4.07. The highest BCUT2D eigenvalue weighted by Crippen LogP contribution is 2.36. The molecule has 1 aliphatic carbocycles. The Morgan fingerprint density at radius 1 is 0.971 bits per heavy atom. The number of nitro groups is 1. The molecule has 1 saturated carbocycles. The van der Waals surface area contributed by atoms with Gasteiger partial charge in [-0.15, -0.1) is 0 Å². The van der Waals surface area contributed by atoms with Crippen LogP contribution in [0.3, 0.4) is 0 Å². The van der Waals surface area contributed by atoms with Crippen LogP contribution in [-0.4, -0.2) is 77.8 Å². The van der Waals surface area contributed by atoms with Crippen LogP contribution in [-0.2, 0) is 47.7 Å². The minimum Gasteiger partial charge on any atom is -0.463 e. The number of Topliss-reactive ketones (excluding diaryl/α,β-unsaturated/α-hetero) is 1. The molecule has 0 radical (unpaired) electrons. The van der Waals surface area contributed by atoms with Crippen LogP contribution < -0.4 is 0 Å². The Hall–Kier alpha value is -3.09. The van der Waals surface area contributed by atoms with E-state index in [4.69, 9.17) is 23.7 Å². The van der Waals surface area contributed by atoms with Crippen molar-refractivity contribution < 1.29 is 52.6 Å². The largest absolute Gasteiger partial charge is 0.463 e. The maximum Gasteiger partial charge on any atom is 0.303 e. The quantitative estimate of drug-likeness (QED) is 0.201.